The zero-order valence-corrected chi connectivity index (χ0v) is 13.1. The predicted molar refractivity (Wildman–Crippen MR) is 84.3 cm³/mol. The standard InChI is InChI=1S/C18H24N2O/c1-18(2,3)14-6-4-13(5-7-14)10-17(21)16-11-19-12-20(16)15-8-9-15/h4-7,11-12,15,17,21H,8-10H2,1-3H3. The largest absolute Gasteiger partial charge is 0.386 e. The van der Waals surface area contributed by atoms with Crippen LogP contribution in [0.5, 0.6) is 0 Å². The lowest BCUT2D eigenvalue weighted by molar-refractivity contribution is 0.168. The van der Waals surface area contributed by atoms with Gasteiger partial charge in [0.15, 0.2) is 0 Å². The SMILES string of the molecule is CC(C)(C)c1ccc(CC(O)c2cncn2C2CC2)cc1. The number of aliphatic hydroxyl groups is 1. The van der Waals surface area contributed by atoms with Crippen LogP contribution in [-0.2, 0) is 11.8 Å². The van der Waals surface area contributed by atoms with Gasteiger partial charge in [-0.3, -0.25) is 0 Å². The number of aliphatic hydroxyl groups excluding tert-OH is 1. The van der Waals surface area contributed by atoms with Gasteiger partial charge in [-0.05, 0) is 29.4 Å². The summed E-state index contributed by atoms with van der Waals surface area (Å²) in [4.78, 5) is 4.20. The molecule has 1 aliphatic carbocycles. The summed E-state index contributed by atoms with van der Waals surface area (Å²) in [5.74, 6) is 0. The van der Waals surface area contributed by atoms with E-state index in [9.17, 15) is 5.11 Å². The lowest BCUT2D eigenvalue weighted by Crippen LogP contribution is -2.11. The quantitative estimate of drug-likeness (QED) is 0.927. The highest BCUT2D eigenvalue weighted by atomic mass is 16.3. The zero-order valence-electron chi connectivity index (χ0n) is 13.1. The molecule has 112 valence electrons. The Morgan fingerprint density at radius 2 is 1.90 bits per heavy atom. The van der Waals surface area contributed by atoms with Crippen LogP contribution < -0.4 is 0 Å². The van der Waals surface area contributed by atoms with Crippen molar-refractivity contribution in [1.82, 2.24) is 9.55 Å². The third-order valence-electron chi connectivity index (χ3n) is 4.23. The van der Waals surface area contributed by atoms with Crippen molar-refractivity contribution in [2.45, 2.75) is 57.6 Å². The van der Waals surface area contributed by atoms with Gasteiger partial charge in [-0.2, -0.15) is 0 Å². The molecule has 1 saturated carbocycles. The van der Waals surface area contributed by atoms with Crippen LogP contribution in [0.2, 0.25) is 0 Å². The summed E-state index contributed by atoms with van der Waals surface area (Å²) in [6.45, 7) is 6.64. The van der Waals surface area contributed by atoms with Gasteiger partial charge in [0.25, 0.3) is 0 Å². The van der Waals surface area contributed by atoms with Crippen LogP contribution in [0.1, 0.15) is 62.6 Å². The fraction of sp³-hybridized carbons (Fsp3) is 0.500. The minimum absolute atomic E-state index is 0.168. The van der Waals surface area contributed by atoms with Gasteiger partial charge in [0.2, 0.25) is 0 Å². The molecule has 0 bridgehead atoms. The van der Waals surface area contributed by atoms with E-state index in [1.807, 2.05) is 6.33 Å². The van der Waals surface area contributed by atoms with Crippen molar-refractivity contribution in [3.63, 3.8) is 0 Å². The highest BCUT2D eigenvalue weighted by molar-refractivity contribution is 5.28. The summed E-state index contributed by atoms with van der Waals surface area (Å²) in [7, 11) is 0. The van der Waals surface area contributed by atoms with Crippen LogP contribution in [0.25, 0.3) is 0 Å². The van der Waals surface area contributed by atoms with Crippen LogP contribution >= 0.6 is 0 Å². The molecule has 1 atom stereocenters. The number of nitrogens with zero attached hydrogens (tertiary/aromatic N) is 2. The second-order valence-electron chi connectivity index (χ2n) is 7.12. The smallest absolute Gasteiger partial charge is 0.0996 e. The van der Waals surface area contributed by atoms with Crippen molar-refractivity contribution in [3.05, 3.63) is 53.6 Å². The molecule has 21 heavy (non-hydrogen) atoms. The van der Waals surface area contributed by atoms with E-state index in [-0.39, 0.29) is 5.41 Å². The lowest BCUT2D eigenvalue weighted by atomic mass is 9.86. The Balaban J connectivity index is 1.72. The minimum atomic E-state index is -0.478. The third-order valence-corrected chi connectivity index (χ3v) is 4.23. The summed E-state index contributed by atoms with van der Waals surface area (Å²) in [6, 6.07) is 9.14. The minimum Gasteiger partial charge on any atom is -0.386 e. The molecule has 1 unspecified atom stereocenters. The first-order chi connectivity index (χ1) is 9.95. The Kier molecular flexibility index (Phi) is 3.62. The summed E-state index contributed by atoms with van der Waals surface area (Å²) in [5, 5.41) is 10.5. The first-order valence-corrected chi connectivity index (χ1v) is 7.74. The van der Waals surface area contributed by atoms with Crippen molar-refractivity contribution < 1.29 is 5.11 Å². The van der Waals surface area contributed by atoms with Gasteiger partial charge in [0, 0.05) is 12.5 Å². The fourth-order valence-corrected chi connectivity index (χ4v) is 2.70. The average Bonchev–Trinajstić information content (AvgIpc) is 3.15. The summed E-state index contributed by atoms with van der Waals surface area (Å²) >= 11 is 0. The highest BCUT2D eigenvalue weighted by Crippen LogP contribution is 2.37. The van der Waals surface area contributed by atoms with E-state index < -0.39 is 6.10 Å². The van der Waals surface area contributed by atoms with Crippen LogP contribution in [-0.4, -0.2) is 14.7 Å². The Bertz CT molecular complexity index is 603. The van der Waals surface area contributed by atoms with E-state index >= 15 is 0 Å². The molecule has 3 heteroatoms. The van der Waals surface area contributed by atoms with Crippen LogP contribution in [0.15, 0.2) is 36.8 Å². The zero-order chi connectivity index (χ0) is 15.0. The van der Waals surface area contributed by atoms with Crippen LogP contribution in [0.3, 0.4) is 0 Å². The summed E-state index contributed by atoms with van der Waals surface area (Å²) < 4.78 is 2.13. The predicted octanol–water partition coefficient (Wildman–Crippen LogP) is 3.79. The first kappa shape index (κ1) is 14.3. The molecule has 0 spiro atoms. The van der Waals surface area contributed by atoms with Gasteiger partial charge in [-0.1, -0.05) is 45.0 Å². The third kappa shape index (κ3) is 3.18. The fourth-order valence-electron chi connectivity index (χ4n) is 2.70. The molecule has 3 nitrogen and oxygen atoms in total. The van der Waals surface area contributed by atoms with E-state index in [2.05, 4.69) is 54.6 Å². The van der Waals surface area contributed by atoms with Crippen molar-refractivity contribution >= 4 is 0 Å². The molecule has 0 aliphatic heterocycles. The van der Waals surface area contributed by atoms with Gasteiger partial charge in [-0.25, -0.2) is 4.98 Å². The van der Waals surface area contributed by atoms with Gasteiger partial charge >= 0.3 is 0 Å². The molecule has 0 radical (unpaired) electrons. The van der Waals surface area contributed by atoms with E-state index in [0.717, 1.165) is 5.69 Å². The average molecular weight is 284 g/mol. The van der Waals surface area contributed by atoms with Gasteiger partial charge in [0.05, 0.1) is 24.3 Å². The maximum absolute atomic E-state index is 10.5. The van der Waals surface area contributed by atoms with Gasteiger partial charge in [0.1, 0.15) is 0 Å². The summed E-state index contributed by atoms with van der Waals surface area (Å²) in [6.07, 6.45) is 6.22. The molecular weight excluding hydrogens is 260 g/mol. The molecule has 1 aromatic carbocycles. The van der Waals surface area contributed by atoms with Gasteiger partial charge in [-0.15, -0.1) is 0 Å². The Hall–Kier alpha value is -1.61. The molecule has 1 N–H and O–H groups in total. The Morgan fingerprint density at radius 3 is 2.48 bits per heavy atom. The van der Waals surface area contributed by atoms with E-state index in [0.29, 0.717) is 12.5 Å². The molecule has 1 aliphatic rings. The topological polar surface area (TPSA) is 38.1 Å². The molecule has 0 saturated heterocycles. The van der Waals surface area contributed by atoms with E-state index in [1.165, 1.54) is 24.0 Å². The van der Waals surface area contributed by atoms with Crippen LogP contribution in [0.4, 0.5) is 0 Å². The monoisotopic (exact) mass is 284 g/mol. The first-order valence-electron chi connectivity index (χ1n) is 7.74. The van der Waals surface area contributed by atoms with E-state index in [4.69, 9.17) is 0 Å². The second-order valence-corrected chi connectivity index (χ2v) is 7.12. The number of imidazole rings is 1. The van der Waals surface area contributed by atoms with E-state index in [1.54, 1.807) is 6.20 Å². The molecule has 3 rings (SSSR count). The summed E-state index contributed by atoms with van der Waals surface area (Å²) in [5.41, 5.74) is 3.60. The Morgan fingerprint density at radius 1 is 1.24 bits per heavy atom. The second kappa shape index (κ2) is 5.30. The molecular formula is C18H24N2O. The van der Waals surface area contributed by atoms with Gasteiger partial charge < -0.3 is 9.67 Å². The number of hydrogen-bond acceptors (Lipinski definition) is 2. The van der Waals surface area contributed by atoms with Crippen LogP contribution in [0, 0.1) is 0 Å². The highest BCUT2D eigenvalue weighted by Gasteiger charge is 2.27. The van der Waals surface area contributed by atoms with Crippen molar-refractivity contribution in [2.75, 3.05) is 0 Å². The maximum Gasteiger partial charge on any atom is 0.0996 e. The molecule has 0 amide bonds. The normalized spacial score (nSPS) is 17.0. The molecule has 2 aromatic rings. The van der Waals surface area contributed by atoms with Crippen molar-refractivity contribution in [1.29, 1.82) is 0 Å². The van der Waals surface area contributed by atoms with Crippen molar-refractivity contribution in [2.24, 2.45) is 0 Å². The maximum atomic E-state index is 10.5. The number of rotatable bonds is 4. The molecule has 1 fully saturated rings. The molecule has 1 aromatic heterocycles. The molecule has 1 heterocycles. The lowest BCUT2D eigenvalue weighted by Gasteiger charge is -2.19. The number of aromatic nitrogens is 2. The number of benzene rings is 1. The van der Waals surface area contributed by atoms with Crippen molar-refractivity contribution in [3.8, 4) is 0 Å². The Labute approximate surface area is 126 Å². The number of hydrogen-bond donors (Lipinski definition) is 1.